The van der Waals surface area contributed by atoms with Crippen molar-refractivity contribution in [3.05, 3.63) is 65.4 Å². The number of hydrogen-bond acceptors (Lipinski definition) is 1. The van der Waals surface area contributed by atoms with Gasteiger partial charge in [-0.05, 0) is 41.7 Å². The smallest absolute Gasteiger partial charge is 0.322 e. The molecule has 0 bridgehead atoms. The number of rotatable bonds is 2. The van der Waals surface area contributed by atoms with E-state index in [4.69, 9.17) is 0 Å². The molecule has 2 heterocycles. The normalized spacial score (nSPS) is 14.0. The van der Waals surface area contributed by atoms with E-state index >= 15 is 0 Å². The SMILES string of the molecule is CC(C)c1ccc(NC(=O)N2CCc3c([nH]c4ccccc34)C2)cc1. The lowest BCUT2D eigenvalue weighted by molar-refractivity contribution is 0.206. The summed E-state index contributed by atoms with van der Waals surface area (Å²) in [4.78, 5) is 17.9. The number of amides is 2. The molecule has 0 radical (unpaired) electrons. The first-order valence-corrected chi connectivity index (χ1v) is 8.86. The molecule has 2 aromatic carbocycles. The summed E-state index contributed by atoms with van der Waals surface area (Å²) >= 11 is 0. The van der Waals surface area contributed by atoms with Crippen molar-refractivity contribution in [3.8, 4) is 0 Å². The van der Waals surface area contributed by atoms with E-state index in [-0.39, 0.29) is 6.03 Å². The van der Waals surface area contributed by atoms with Crippen LogP contribution in [0.5, 0.6) is 0 Å². The van der Waals surface area contributed by atoms with Crippen molar-refractivity contribution in [1.29, 1.82) is 0 Å². The Hall–Kier alpha value is -2.75. The molecule has 4 nitrogen and oxygen atoms in total. The predicted molar refractivity (Wildman–Crippen MR) is 102 cm³/mol. The van der Waals surface area contributed by atoms with Gasteiger partial charge in [-0.15, -0.1) is 0 Å². The largest absolute Gasteiger partial charge is 0.357 e. The van der Waals surface area contributed by atoms with Crippen molar-refractivity contribution < 1.29 is 4.79 Å². The van der Waals surface area contributed by atoms with Gasteiger partial charge in [0, 0.05) is 28.8 Å². The summed E-state index contributed by atoms with van der Waals surface area (Å²) < 4.78 is 0. The minimum absolute atomic E-state index is 0.0402. The summed E-state index contributed by atoms with van der Waals surface area (Å²) in [7, 11) is 0. The van der Waals surface area contributed by atoms with E-state index in [1.54, 1.807) is 0 Å². The van der Waals surface area contributed by atoms with E-state index in [1.807, 2.05) is 23.1 Å². The molecule has 1 aliphatic heterocycles. The molecule has 3 aromatic rings. The van der Waals surface area contributed by atoms with Crippen LogP contribution >= 0.6 is 0 Å². The van der Waals surface area contributed by atoms with Crippen molar-refractivity contribution in [2.45, 2.75) is 32.7 Å². The van der Waals surface area contributed by atoms with E-state index in [9.17, 15) is 4.79 Å². The van der Waals surface area contributed by atoms with Crippen molar-refractivity contribution in [2.24, 2.45) is 0 Å². The van der Waals surface area contributed by atoms with Gasteiger partial charge in [0.25, 0.3) is 0 Å². The zero-order valence-corrected chi connectivity index (χ0v) is 14.7. The quantitative estimate of drug-likeness (QED) is 0.690. The molecule has 0 saturated heterocycles. The van der Waals surface area contributed by atoms with Crippen molar-refractivity contribution >= 4 is 22.6 Å². The molecule has 1 aromatic heterocycles. The first-order valence-electron chi connectivity index (χ1n) is 8.86. The van der Waals surface area contributed by atoms with Crippen LogP contribution in [-0.2, 0) is 13.0 Å². The number of nitrogens with zero attached hydrogens (tertiary/aromatic N) is 1. The summed E-state index contributed by atoms with van der Waals surface area (Å²) in [5, 5.41) is 4.29. The van der Waals surface area contributed by atoms with Gasteiger partial charge in [-0.3, -0.25) is 0 Å². The van der Waals surface area contributed by atoms with Crippen LogP contribution in [0.3, 0.4) is 0 Å². The molecule has 4 heteroatoms. The van der Waals surface area contributed by atoms with Crippen LogP contribution in [0.25, 0.3) is 10.9 Å². The number of fused-ring (bicyclic) bond motifs is 3. The first-order chi connectivity index (χ1) is 12.1. The lowest BCUT2D eigenvalue weighted by Gasteiger charge is -2.27. The van der Waals surface area contributed by atoms with Gasteiger partial charge >= 0.3 is 6.03 Å². The fraction of sp³-hybridized carbons (Fsp3) is 0.286. The zero-order valence-electron chi connectivity index (χ0n) is 14.7. The Morgan fingerprint density at radius 1 is 1.12 bits per heavy atom. The van der Waals surface area contributed by atoms with Gasteiger partial charge in [0.05, 0.1) is 6.54 Å². The second-order valence-electron chi connectivity index (χ2n) is 7.01. The van der Waals surface area contributed by atoms with Crippen LogP contribution in [-0.4, -0.2) is 22.5 Å². The Morgan fingerprint density at radius 3 is 2.64 bits per heavy atom. The third-order valence-corrected chi connectivity index (χ3v) is 5.00. The zero-order chi connectivity index (χ0) is 17.4. The molecule has 0 unspecified atom stereocenters. The average Bonchev–Trinajstić information content (AvgIpc) is 3.00. The molecule has 0 spiro atoms. The Morgan fingerprint density at radius 2 is 1.88 bits per heavy atom. The van der Waals surface area contributed by atoms with Crippen LogP contribution in [0, 0.1) is 0 Å². The lowest BCUT2D eigenvalue weighted by atomic mass is 10.0. The highest BCUT2D eigenvalue weighted by molar-refractivity contribution is 5.90. The van der Waals surface area contributed by atoms with Gasteiger partial charge in [0.15, 0.2) is 0 Å². The standard InChI is InChI=1S/C21H23N3O/c1-14(2)15-7-9-16(10-8-15)22-21(25)24-12-11-18-17-5-3-4-6-19(17)23-20(18)13-24/h3-10,14,23H,11-13H2,1-2H3,(H,22,25). The van der Waals surface area contributed by atoms with Crippen molar-refractivity contribution in [3.63, 3.8) is 0 Å². The van der Waals surface area contributed by atoms with Gasteiger partial charge in [-0.25, -0.2) is 4.79 Å². The van der Waals surface area contributed by atoms with Crippen LogP contribution in [0.2, 0.25) is 0 Å². The molecule has 4 rings (SSSR count). The topological polar surface area (TPSA) is 48.1 Å². The van der Waals surface area contributed by atoms with E-state index in [1.165, 1.54) is 16.5 Å². The van der Waals surface area contributed by atoms with Crippen LogP contribution in [0.1, 0.15) is 36.6 Å². The number of para-hydroxylation sites is 1. The summed E-state index contributed by atoms with van der Waals surface area (Å²) in [6, 6.07) is 16.4. The van der Waals surface area contributed by atoms with Gasteiger partial charge in [-0.1, -0.05) is 44.2 Å². The second-order valence-corrected chi connectivity index (χ2v) is 7.01. The van der Waals surface area contributed by atoms with Crippen LogP contribution in [0.15, 0.2) is 48.5 Å². The number of aromatic nitrogens is 1. The molecular formula is C21H23N3O. The van der Waals surface area contributed by atoms with Gasteiger partial charge in [-0.2, -0.15) is 0 Å². The van der Waals surface area contributed by atoms with E-state index < -0.39 is 0 Å². The molecule has 1 aliphatic rings. The average molecular weight is 333 g/mol. The third kappa shape index (κ3) is 3.00. The molecule has 0 atom stereocenters. The van der Waals surface area contributed by atoms with Gasteiger partial charge in [0.2, 0.25) is 0 Å². The number of nitrogens with one attached hydrogen (secondary N) is 2. The molecular weight excluding hydrogens is 310 g/mol. The number of H-pyrrole nitrogens is 1. The summed E-state index contributed by atoms with van der Waals surface area (Å²) in [6.45, 7) is 5.70. The Kier molecular flexibility index (Phi) is 3.96. The van der Waals surface area contributed by atoms with Crippen molar-refractivity contribution in [1.82, 2.24) is 9.88 Å². The predicted octanol–water partition coefficient (Wildman–Crippen LogP) is 4.88. The number of anilines is 1. The highest BCUT2D eigenvalue weighted by atomic mass is 16.2. The van der Waals surface area contributed by atoms with Crippen LogP contribution in [0.4, 0.5) is 10.5 Å². The third-order valence-electron chi connectivity index (χ3n) is 5.00. The molecule has 0 saturated carbocycles. The molecule has 0 fully saturated rings. The van der Waals surface area contributed by atoms with Gasteiger partial charge in [0.1, 0.15) is 0 Å². The van der Waals surface area contributed by atoms with E-state index in [2.05, 4.69) is 54.5 Å². The van der Waals surface area contributed by atoms with E-state index in [0.717, 1.165) is 29.9 Å². The molecule has 25 heavy (non-hydrogen) atoms. The first kappa shape index (κ1) is 15.8. The monoisotopic (exact) mass is 333 g/mol. The number of carbonyl (C=O) groups is 1. The van der Waals surface area contributed by atoms with Gasteiger partial charge < -0.3 is 15.2 Å². The maximum atomic E-state index is 12.6. The summed E-state index contributed by atoms with van der Waals surface area (Å²) in [5.74, 6) is 0.493. The summed E-state index contributed by atoms with van der Waals surface area (Å²) in [6.07, 6.45) is 0.888. The second kappa shape index (κ2) is 6.28. The highest BCUT2D eigenvalue weighted by Crippen LogP contribution is 2.27. The Balaban J connectivity index is 1.48. The Bertz CT molecular complexity index is 909. The Labute approximate surface area is 147 Å². The number of hydrogen-bond donors (Lipinski definition) is 2. The molecule has 0 aliphatic carbocycles. The van der Waals surface area contributed by atoms with Crippen LogP contribution < -0.4 is 5.32 Å². The molecule has 2 N–H and O–H groups in total. The number of aromatic amines is 1. The maximum absolute atomic E-state index is 12.6. The number of benzene rings is 2. The summed E-state index contributed by atoms with van der Waals surface area (Å²) in [5.41, 5.74) is 5.77. The fourth-order valence-corrected chi connectivity index (χ4v) is 3.52. The molecule has 128 valence electrons. The number of urea groups is 1. The fourth-order valence-electron chi connectivity index (χ4n) is 3.52. The minimum Gasteiger partial charge on any atom is -0.357 e. The highest BCUT2D eigenvalue weighted by Gasteiger charge is 2.23. The lowest BCUT2D eigenvalue weighted by Crippen LogP contribution is -2.38. The number of carbonyl (C=O) groups excluding carboxylic acids is 1. The molecule has 2 amide bonds. The van der Waals surface area contributed by atoms with Crippen molar-refractivity contribution in [2.75, 3.05) is 11.9 Å². The van der Waals surface area contributed by atoms with E-state index in [0.29, 0.717) is 12.5 Å². The maximum Gasteiger partial charge on any atom is 0.322 e. The minimum atomic E-state index is -0.0402.